The van der Waals surface area contributed by atoms with Gasteiger partial charge in [-0.3, -0.25) is 9.80 Å². The molecule has 2 aliphatic rings. The molecule has 4 heteroatoms. The molecule has 4 rings (SSSR count). The van der Waals surface area contributed by atoms with Crippen molar-refractivity contribution < 1.29 is 4.74 Å². The monoisotopic (exact) mass is 428 g/mol. The first-order valence-corrected chi connectivity index (χ1v) is 11.5. The molecule has 0 spiro atoms. The number of halogens is 1. The number of ether oxygens (including phenoxy) is 1. The molecule has 0 amide bonds. The minimum atomic E-state index is 0. The second kappa shape index (κ2) is 11.7. The molecular weight excluding hydrogens is 392 g/mol. The van der Waals surface area contributed by atoms with Crippen LogP contribution in [0.2, 0.25) is 0 Å². The van der Waals surface area contributed by atoms with Crippen LogP contribution in [0.25, 0.3) is 0 Å². The first-order valence-electron chi connectivity index (χ1n) is 11.5. The highest BCUT2D eigenvalue weighted by Gasteiger charge is 2.28. The van der Waals surface area contributed by atoms with Crippen LogP contribution in [0.4, 0.5) is 0 Å². The molecule has 2 fully saturated rings. The van der Waals surface area contributed by atoms with Gasteiger partial charge in [-0.1, -0.05) is 68.1 Å². The molecule has 164 valence electrons. The van der Waals surface area contributed by atoms with Crippen LogP contribution in [0.3, 0.4) is 0 Å². The van der Waals surface area contributed by atoms with Crippen molar-refractivity contribution in [2.75, 3.05) is 33.3 Å². The highest BCUT2D eigenvalue weighted by Crippen LogP contribution is 2.29. The first-order chi connectivity index (χ1) is 14.3. The summed E-state index contributed by atoms with van der Waals surface area (Å²) in [6.45, 7) is 4.76. The van der Waals surface area contributed by atoms with E-state index < -0.39 is 0 Å². The summed E-state index contributed by atoms with van der Waals surface area (Å²) >= 11 is 0. The molecule has 30 heavy (non-hydrogen) atoms. The lowest BCUT2D eigenvalue weighted by Crippen LogP contribution is -2.51. The number of rotatable bonds is 6. The number of piperazine rings is 1. The summed E-state index contributed by atoms with van der Waals surface area (Å²) in [7, 11) is 1.75. The Morgan fingerprint density at radius 3 is 2.23 bits per heavy atom. The highest BCUT2D eigenvalue weighted by atomic mass is 35.5. The zero-order chi connectivity index (χ0) is 19.9. The van der Waals surface area contributed by atoms with Crippen molar-refractivity contribution in [1.29, 1.82) is 0 Å². The predicted octanol–water partition coefficient (Wildman–Crippen LogP) is 5.74. The van der Waals surface area contributed by atoms with Gasteiger partial charge in [-0.05, 0) is 42.5 Å². The van der Waals surface area contributed by atoms with Gasteiger partial charge in [-0.25, -0.2) is 0 Å². The maximum atomic E-state index is 5.46. The third kappa shape index (κ3) is 6.00. The molecule has 1 saturated heterocycles. The summed E-state index contributed by atoms with van der Waals surface area (Å²) < 4.78 is 5.46. The molecule has 1 aliphatic carbocycles. The molecule has 0 radical (unpaired) electrons. The Kier molecular flexibility index (Phi) is 9.05. The number of methoxy groups -OCH3 is 1. The standard InChI is InChI=1S/C26H36N2O.ClH/c1-29-25-15-9-10-22(20-25)21-26(23-11-5-4-6-12-23)28-18-16-27(17-19-28)24-13-7-2-3-8-14-24;/h4-6,9-12,15,20,24,26H,2-3,7-8,13-14,16-19,21H2,1H3;1H. The van der Waals surface area contributed by atoms with E-state index in [1.54, 1.807) is 7.11 Å². The molecule has 2 aromatic rings. The van der Waals surface area contributed by atoms with Crippen molar-refractivity contribution in [3.05, 3.63) is 65.7 Å². The molecule has 1 atom stereocenters. The lowest BCUT2D eigenvalue weighted by atomic mass is 9.96. The summed E-state index contributed by atoms with van der Waals surface area (Å²) in [5.41, 5.74) is 2.78. The smallest absolute Gasteiger partial charge is 0.119 e. The average molecular weight is 429 g/mol. The number of hydrogen-bond donors (Lipinski definition) is 0. The van der Waals surface area contributed by atoms with Crippen LogP contribution in [0.5, 0.6) is 5.75 Å². The summed E-state index contributed by atoms with van der Waals surface area (Å²) in [6, 6.07) is 20.9. The van der Waals surface area contributed by atoms with Gasteiger partial charge in [0, 0.05) is 38.3 Å². The zero-order valence-corrected chi connectivity index (χ0v) is 19.2. The third-order valence-corrected chi connectivity index (χ3v) is 6.88. The van der Waals surface area contributed by atoms with Crippen molar-refractivity contribution in [2.45, 2.75) is 57.0 Å². The summed E-state index contributed by atoms with van der Waals surface area (Å²) in [4.78, 5) is 5.50. The van der Waals surface area contributed by atoms with Gasteiger partial charge >= 0.3 is 0 Å². The minimum absolute atomic E-state index is 0. The topological polar surface area (TPSA) is 15.7 Å². The van der Waals surface area contributed by atoms with Crippen molar-refractivity contribution in [3.63, 3.8) is 0 Å². The Morgan fingerprint density at radius 1 is 0.867 bits per heavy atom. The Balaban J connectivity index is 0.00000256. The highest BCUT2D eigenvalue weighted by molar-refractivity contribution is 5.85. The van der Waals surface area contributed by atoms with E-state index in [4.69, 9.17) is 4.74 Å². The van der Waals surface area contributed by atoms with E-state index in [0.717, 1.165) is 18.2 Å². The van der Waals surface area contributed by atoms with Crippen LogP contribution in [0, 0.1) is 0 Å². The Bertz CT molecular complexity index is 738. The van der Waals surface area contributed by atoms with Crippen molar-refractivity contribution in [1.82, 2.24) is 9.80 Å². The molecule has 1 aliphatic heterocycles. The van der Waals surface area contributed by atoms with Gasteiger partial charge in [-0.15, -0.1) is 12.4 Å². The maximum Gasteiger partial charge on any atom is 0.119 e. The lowest BCUT2D eigenvalue weighted by Gasteiger charge is -2.42. The molecule has 1 saturated carbocycles. The second-order valence-corrected chi connectivity index (χ2v) is 8.70. The molecule has 3 nitrogen and oxygen atoms in total. The Labute approximate surface area is 188 Å². The van der Waals surface area contributed by atoms with E-state index in [9.17, 15) is 0 Å². The van der Waals surface area contributed by atoms with Gasteiger partial charge in [0.25, 0.3) is 0 Å². The fourth-order valence-electron chi connectivity index (χ4n) is 5.19. The van der Waals surface area contributed by atoms with E-state index >= 15 is 0 Å². The molecule has 0 N–H and O–H groups in total. The lowest BCUT2D eigenvalue weighted by molar-refractivity contribution is 0.0632. The van der Waals surface area contributed by atoms with Gasteiger partial charge in [-0.2, -0.15) is 0 Å². The van der Waals surface area contributed by atoms with Crippen LogP contribution < -0.4 is 4.74 Å². The average Bonchev–Trinajstić information content (AvgIpc) is 3.08. The third-order valence-electron chi connectivity index (χ3n) is 6.88. The van der Waals surface area contributed by atoms with Gasteiger partial charge in [0.1, 0.15) is 5.75 Å². The Morgan fingerprint density at radius 2 is 1.57 bits per heavy atom. The molecule has 0 bridgehead atoms. The molecular formula is C26H37ClN2O. The summed E-state index contributed by atoms with van der Waals surface area (Å²) in [6.07, 6.45) is 9.57. The molecule has 0 aromatic heterocycles. The van der Waals surface area contributed by atoms with E-state index in [0.29, 0.717) is 6.04 Å². The number of benzene rings is 2. The Hall–Kier alpha value is -1.55. The fourth-order valence-corrected chi connectivity index (χ4v) is 5.19. The second-order valence-electron chi connectivity index (χ2n) is 8.70. The van der Waals surface area contributed by atoms with Crippen LogP contribution in [0.15, 0.2) is 54.6 Å². The van der Waals surface area contributed by atoms with Gasteiger partial charge < -0.3 is 4.74 Å². The largest absolute Gasteiger partial charge is 0.497 e. The van der Waals surface area contributed by atoms with Gasteiger partial charge in [0.05, 0.1) is 7.11 Å². The predicted molar refractivity (Wildman–Crippen MR) is 128 cm³/mol. The zero-order valence-electron chi connectivity index (χ0n) is 18.3. The fraction of sp³-hybridized carbons (Fsp3) is 0.538. The van der Waals surface area contributed by atoms with E-state index in [1.165, 1.54) is 75.8 Å². The summed E-state index contributed by atoms with van der Waals surface area (Å²) in [5.74, 6) is 0.951. The minimum Gasteiger partial charge on any atom is -0.497 e. The van der Waals surface area contributed by atoms with Crippen molar-refractivity contribution in [2.24, 2.45) is 0 Å². The van der Waals surface area contributed by atoms with Gasteiger partial charge in [0.2, 0.25) is 0 Å². The van der Waals surface area contributed by atoms with Crippen LogP contribution >= 0.6 is 12.4 Å². The van der Waals surface area contributed by atoms with E-state index in [2.05, 4.69) is 58.3 Å². The maximum absolute atomic E-state index is 5.46. The number of nitrogens with zero attached hydrogens (tertiary/aromatic N) is 2. The first kappa shape index (κ1) is 23.1. The van der Waals surface area contributed by atoms with E-state index in [-0.39, 0.29) is 12.4 Å². The van der Waals surface area contributed by atoms with Crippen LogP contribution in [-0.4, -0.2) is 49.1 Å². The van der Waals surface area contributed by atoms with Crippen LogP contribution in [0.1, 0.15) is 55.7 Å². The van der Waals surface area contributed by atoms with Crippen molar-refractivity contribution in [3.8, 4) is 5.75 Å². The SMILES string of the molecule is COc1cccc(CC(c2ccccc2)N2CCN(C3CCCCCC3)CC2)c1.Cl. The van der Waals surface area contributed by atoms with Crippen molar-refractivity contribution >= 4 is 12.4 Å². The molecule has 1 heterocycles. The normalized spacial score (nSPS) is 20.2. The number of hydrogen-bond acceptors (Lipinski definition) is 3. The van der Waals surface area contributed by atoms with Crippen LogP contribution in [-0.2, 0) is 6.42 Å². The molecule has 2 aromatic carbocycles. The summed E-state index contributed by atoms with van der Waals surface area (Å²) in [5, 5.41) is 0. The van der Waals surface area contributed by atoms with Gasteiger partial charge in [0.15, 0.2) is 0 Å². The quantitative estimate of drug-likeness (QED) is 0.545. The van der Waals surface area contributed by atoms with E-state index in [1.807, 2.05) is 6.07 Å². The molecule has 1 unspecified atom stereocenters.